The van der Waals surface area contributed by atoms with E-state index < -0.39 is 0 Å². The Morgan fingerprint density at radius 2 is 1.81 bits per heavy atom. The lowest BCUT2D eigenvalue weighted by Gasteiger charge is -2.09. The highest BCUT2D eigenvalue weighted by Crippen LogP contribution is 2.28. The third-order valence-electron chi connectivity index (χ3n) is 2.63. The minimum atomic E-state index is 1.04. The number of pyridine rings is 1. The Kier molecular flexibility index (Phi) is 3.10. The van der Waals surface area contributed by atoms with E-state index in [1.165, 1.54) is 16.7 Å². The molecule has 0 unspecified atom stereocenters. The van der Waals surface area contributed by atoms with Crippen molar-refractivity contribution in [2.24, 2.45) is 0 Å². The number of aryl methyl sites for hydroxylation is 2. The van der Waals surface area contributed by atoms with Gasteiger partial charge >= 0.3 is 0 Å². The molecule has 0 saturated carbocycles. The van der Waals surface area contributed by atoms with Gasteiger partial charge in [-0.15, -0.1) is 0 Å². The summed E-state index contributed by atoms with van der Waals surface area (Å²) in [7, 11) is 0. The van der Waals surface area contributed by atoms with Crippen LogP contribution in [0.25, 0.3) is 11.3 Å². The first kappa shape index (κ1) is 11.3. The summed E-state index contributed by atoms with van der Waals surface area (Å²) in [5, 5.41) is 0. The minimum Gasteiger partial charge on any atom is -0.253 e. The molecular formula is C14H14BrN. The number of rotatable bonds is 1. The molecule has 0 N–H and O–H groups in total. The quantitative estimate of drug-likeness (QED) is 0.750. The highest BCUT2D eigenvalue weighted by atomic mass is 79.9. The zero-order valence-electron chi connectivity index (χ0n) is 9.71. The summed E-state index contributed by atoms with van der Waals surface area (Å²) in [6.45, 7) is 6.21. The van der Waals surface area contributed by atoms with E-state index in [-0.39, 0.29) is 0 Å². The second-order valence-electron chi connectivity index (χ2n) is 4.09. The zero-order chi connectivity index (χ0) is 11.7. The molecule has 0 spiro atoms. The van der Waals surface area contributed by atoms with Crippen molar-refractivity contribution in [1.82, 2.24) is 4.98 Å². The molecule has 16 heavy (non-hydrogen) atoms. The monoisotopic (exact) mass is 275 g/mol. The van der Waals surface area contributed by atoms with Crippen LogP contribution in [0, 0.1) is 20.8 Å². The molecule has 1 aromatic carbocycles. The first-order chi connectivity index (χ1) is 7.58. The highest BCUT2D eigenvalue weighted by Gasteiger charge is 2.07. The summed E-state index contributed by atoms with van der Waals surface area (Å²) in [4.78, 5) is 4.61. The van der Waals surface area contributed by atoms with Gasteiger partial charge in [-0.3, -0.25) is 4.98 Å². The van der Waals surface area contributed by atoms with E-state index in [4.69, 9.17) is 0 Å². The summed E-state index contributed by atoms with van der Waals surface area (Å²) >= 11 is 3.57. The van der Waals surface area contributed by atoms with Crippen LogP contribution >= 0.6 is 15.9 Å². The molecule has 0 atom stereocenters. The third-order valence-corrected chi connectivity index (χ3v) is 3.45. The van der Waals surface area contributed by atoms with Crippen LogP contribution in [0.5, 0.6) is 0 Å². The molecule has 1 aromatic heterocycles. The Balaban J connectivity index is 2.64. The molecule has 82 valence electrons. The summed E-state index contributed by atoms with van der Waals surface area (Å²) in [5.74, 6) is 0. The van der Waals surface area contributed by atoms with Gasteiger partial charge in [-0.1, -0.05) is 39.7 Å². The van der Waals surface area contributed by atoms with Crippen molar-refractivity contribution >= 4 is 15.9 Å². The normalized spacial score (nSPS) is 10.5. The van der Waals surface area contributed by atoms with E-state index in [0.717, 1.165) is 15.9 Å². The Morgan fingerprint density at radius 1 is 1.06 bits per heavy atom. The van der Waals surface area contributed by atoms with E-state index in [1.807, 2.05) is 6.92 Å². The van der Waals surface area contributed by atoms with Crippen LogP contribution in [-0.2, 0) is 0 Å². The fraction of sp³-hybridized carbons (Fsp3) is 0.214. The van der Waals surface area contributed by atoms with Crippen molar-refractivity contribution in [3.05, 3.63) is 51.6 Å². The van der Waals surface area contributed by atoms with E-state index in [9.17, 15) is 0 Å². The lowest BCUT2D eigenvalue weighted by atomic mass is 10.0. The van der Waals surface area contributed by atoms with Crippen molar-refractivity contribution in [3.63, 3.8) is 0 Å². The summed E-state index contributed by atoms with van der Waals surface area (Å²) in [5.41, 5.74) is 5.74. The Hall–Kier alpha value is -1.15. The molecule has 1 nitrogen and oxygen atoms in total. The molecule has 0 bridgehead atoms. The van der Waals surface area contributed by atoms with Gasteiger partial charge in [0.1, 0.15) is 0 Å². The van der Waals surface area contributed by atoms with Crippen molar-refractivity contribution in [2.45, 2.75) is 20.8 Å². The maximum Gasteiger partial charge on any atom is 0.0745 e. The molecule has 2 heteroatoms. The van der Waals surface area contributed by atoms with Crippen molar-refractivity contribution in [2.75, 3.05) is 0 Å². The first-order valence-corrected chi connectivity index (χ1v) is 6.08. The van der Waals surface area contributed by atoms with Gasteiger partial charge in [0.25, 0.3) is 0 Å². The smallest absolute Gasteiger partial charge is 0.0745 e. The molecule has 0 aliphatic heterocycles. The molecule has 1 heterocycles. The van der Waals surface area contributed by atoms with Crippen molar-refractivity contribution in [1.29, 1.82) is 0 Å². The lowest BCUT2D eigenvalue weighted by Crippen LogP contribution is -1.93. The number of aromatic nitrogens is 1. The molecule has 0 aliphatic rings. The van der Waals surface area contributed by atoms with Crippen LogP contribution in [-0.4, -0.2) is 4.98 Å². The van der Waals surface area contributed by atoms with Crippen LogP contribution in [0.1, 0.15) is 16.8 Å². The predicted octanol–water partition coefficient (Wildman–Crippen LogP) is 4.44. The Bertz CT molecular complexity index is 532. The fourth-order valence-electron chi connectivity index (χ4n) is 1.77. The van der Waals surface area contributed by atoms with E-state index >= 15 is 0 Å². The van der Waals surface area contributed by atoms with E-state index in [0.29, 0.717) is 0 Å². The maximum atomic E-state index is 4.61. The lowest BCUT2D eigenvalue weighted by molar-refractivity contribution is 1.16. The SMILES string of the molecule is Cc1cccc(-c2nc(C)cc(Br)c2C)c1. The summed E-state index contributed by atoms with van der Waals surface area (Å²) in [6.07, 6.45) is 0. The summed E-state index contributed by atoms with van der Waals surface area (Å²) < 4.78 is 1.12. The topological polar surface area (TPSA) is 12.9 Å². The van der Waals surface area contributed by atoms with Crippen LogP contribution in [0.2, 0.25) is 0 Å². The van der Waals surface area contributed by atoms with Crippen molar-refractivity contribution < 1.29 is 0 Å². The minimum absolute atomic E-state index is 1.04. The number of halogens is 1. The van der Waals surface area contributed by atoms with Gasteiger partial charge in [0.2, 0.25) is 0 Å². The fourth-order valence-corrected chi connectivity index (χ4v) is 2.29. The van der Waals surface area contributed by atoms with Gasteiger partial charge in [0.05, 0.1) is 5.69 Å². The number of hydrogen-bond acceptors (Lipinski definition) is 1. The molecule has 2 aromatic rings. The first-order valence-electron chi connectivity index (χ1n) is 5.28. The second kappa shape index (κ2) is 4.38. The molecule has 0 saturated heterocycles. The van der Waals surface area contributed by atoms with Crippen LogP contribution in [0.4, 0.5) is 0 Å². The number of nitrogens with zero attached hydrogens (tertiary/aromatic N) is 1. The number of benzene rings is 1. The van der Waals surface area contributed by atoms with Gasteiger partial charge in [-0.2, -0.15) is 0 Å². The van der Waals surface area contributed by atoms with Gasteiger partial charge in [0.15, 0.2) is 0 Å². The average Bonchev–Trinajstić information content (AvgIpc) is 2.23. The average molecular weight is 276 g/mol. The second-order valence-corrected chi connectivity index (χ2v) is 4.94. The highest BCUT2D eigenvalue weighted by molar-refractivity contribution is 9.10. The van der Waals surface area contributed by atoms with Crippen molar-refractivity contribution in [3.8, 4) is 11.3 Å². The van der Waals surface area contributed by atoms with Gasteiger partial charge in [-0.25, -0.2) is 0 Å². The maximum absolute atomic E-state index is 4.61. The molecule has 0 radical (unpaired) electrons. The van der Waals surface area contributed by atoms with Gasteiger partial charge < -0.3 is 0 Å². The van der Waals surface area contributed by atoms with E-state index in [2.05, 4.69) is 65.1 Å². The van der Waals surface area contributed by atoms with Crippen LogP contribution in [0.3, 0.4) is 0 Å². The Morgan fingerprint density at radius 3 is 2.50 bits per heavy atom. The largest absolute Gasteiger partial charge is 0.253 e. The standard InChI is InChI=1S/C14H14BrN/c1-9-5-4-6-12(7-9)14-11(3)13(15)8-10(2)16-14/h4-8H,1-3H3. The molecule has 0 aliphatic carbocycles. The van der Waals surface area contributed by atoms with Gasteiger partial charge in [-0.05, 0) is 38.5 Å². The molecule has 0 fully saturated rings. The molecule has 0 amide bonds. The zero-order valence-corrected chi connectivity index (χ0v) is 11.3. The predicted molar refractivity (Wildman–Crippen MR) is 71.6 cm³/mol. The van der Waals surface area contributed by atoms with Gasteiger partial charge in [0, 0.05) is 15.7 Å². The summed E-state index contributed by atoms with van der Waals surface area (Å²) in [6, 6.07) is 10.5. The van der Waals surface area contributed by atoms with Crippen LogP contribution < -0.4 is 0 Å². The number of hydrogen-bond donors (Lipinski definition) is 0. The van der Waals surface area contributed by atoms with E-state index in [1.54, 1.807) is 0 Å². The van der Waals surface area contributed by atoms with Crippen LogP contribution in [0.15, 0.2) is 34.8 Å². The molecule has 2 rings (SSSR count). The Labute approximate surface area is 105 Å². The molecular weight excluding hydrogens is 262 g/mol. The third kappa shape index (κ3) is 2.17.